The van der Waals surface area contributed by atoms with E-state index in [-0.39, 0.29) is 11.8 Å². The summed E-state index contributed by atoms with van der Waals surface area (Å²) >= 11 is 1.65. The molecule has 2 amide bonds. The van der Waals surface area contributed by atoms with Crippen LogP contribution in [-0.2, 0) is 10.5 Å². The van der Waals surface area contributed by atoms with E-state index in [0.717, 1.165) is 35.5 Å². The zero-order chi connectivity index (χ0) is 20.1. The maximum atomic E-state index is 12.8. The zero-order valence-electron chi connectivity index (χ0n) is 16.0. The third kappa shape index (κ3) is 4.71. The van der Waals surface area contributed by atoms with Crippen LogP contribution in [0, 0.1) is 0 Å². The van der Waals surface area contributed by atoms with Crippen molar-refractivity contribution in [1.82, 2.24) is 0 Å². The zero-order valence-corrected chi connectivity index (χ0v) is 16.8. The van der Waals surface area contributed by atoms with Gasteiger partial charge in [-0.3, -0.25) is 9.59 Å². The number of carbonyl (C=O) groups excluding carboxylic acids is 2. The van der Waals surface area contributed by atoms with Gasteiger partial charge in [-0.15, -0.1) is 11.8 Å². The van der Waals surface area contributed by atoms with Crippen LogP contribution in [0.3, 0.4) is 0 Å². The highest BCUT2D eigenvalue weighted by Gasteiger charge is 2.20. The second-order valence-corrected chi connectivity index (χ2v) is 7.93. The molecule has 1 fully saturated rings. The normalized spacial score (nSPS) is 14.1. The third-order valence-corrected chi connectivity index (χ3v) is 5.89. The highest BCUT2D eigenvalue weighted by atomic mass is 32.2. The molecule has 0 radical (unpaired) electrons. The molecule has 2 aromatic carbocycles. The van der Waals surface area contributed by atoms with Gasteiger partial charge in [-0.25, -0.2) is 0 Å². The Kier molecular flexibility index (Phi) is 6.00. The number of carbonyl (C=O) groups is 2. The Labute approximate surface area is 174 Å². The molecule has 0 saturated carbocycles. The van der Waals surface area contributed by atoms with Gasteiger partial charge in [0, 0.05) is 40.6 Å². The van der Waals surface area contributed by atoms with Gasteiger partial charge >= 0.3 is 0 Å². The average Bonchev–Trinajstić information content (AvgIpc) is 3.22. The summed E-state index contributed by atoms with van der Waals surface area (Å²) in [6, 6.07) is 19.3. The SMILES string of the molecule is O=C(Nc1cccc(N2CCCCC2=O)c1)c1occc1CSc1ccccc1. The molecule has 3 aromatic rings. The van der Waals surface area contributed by atoms with Crippen LogP contribution < -0.4 is 10.2 Å². The second kappa shape index (κ2) is 9.01. The fourth-order valence-corrected chi connectivity index (χ4v) is 4.24. The van der Waals surface area contributed by atoms with Gasteiger partial charge in [0.15, 0.2) is 5.76 Å². The van der Waals surface area contributed by atoms with Crippen LogP contribution in [0.1, 0.15) is 35.4 Å². The number of anilines is 2. The van der Waals surface area contributed by atoms with E-state index in [2.05, 4.69) is 5.32 Å². The molecule has 148 valence electrons. The molecule has 0 unspecified atom stereocenters. The fraction of sp³-hybridized carbons (Fsp3) is 0.217. The lowest BCUT2D eigenvalue weighted by Gasteiger charge is -2.27. The summed E-state index contributed by atoms with van der Waals surface area (Å²) in [4.78, 5) is 27.9. The molecule has 0 spiro atoms. The van der Waals surface area contributed by atoms with Gasteiger partial charge < -0.3 is 14.6 Å². The molecule has 0 atom stereocenters. The molecule has 6 heteroatoms. The molecule has 4 rings (SSSR count). The first kappa shape index (κ1) is 19.3. The summed E-state index contributed by atoms with van der Waals surface area (Å²) < 4.78 is 5.46. The number of benzene rings is 2. The minimum Gasteiger partial charge on any atom is -0.459 e. The Hall–Kier alpha value is -2.99. The number of piperidine rings is 1. The van der Waals surface area contributed by atoms with Crippen molar-refractivity contribution in [1.29, 1.82) is 0 Å². The highest BCUT2D eigenvalue weighted by Crippen LogP contribution is 2.27. The average molecular weight is 407 g/mol. The number of nitrogens with zero attached hydrogens (tertiary/aromatic N) is 1. The lowest BCUT2D eigenvalue weighted by Crippen LogP contribution is -2.35. The Balaban J connectivity index is 1.44. The Morgan fingerprint density at radius 2 is 1.93 bits per heavy atom. The number of hydrogen-bond donors (Lipinski definition) is 1. The first-order valence-corrected chi connectivity index (χ1v) is 10.7. The predicted octanol–water partition coefficient (Wildman–Crippen LogP) is 5.34. The molecular formula is C23H22N2O3S. The first-order chi connectivity index (χ1) is 14.2. The molecule has 1 aromatic heterocycles. The molecule has 2 heterocycles. The van der Waals surface area contributed by atoms with Crippen LogP contribution in [0.4, 0.5) is 11.4 Å². The lowest BCUT2D eigenvalue weighted by atomic mass is 10.1. The van der Waals surface area contributed by atoms with E-state index in [9.17, 15) is 9.59 Å². The van der Waals surface area contributed by atoms with Crippen molar-refractivity contribution in [2.24, 2.45) is 0 Å². The van der Waals surface area contributed by atoms with Crippen LogP contribution in [0.2, 0.25) is 0 Å². The van der Waals surface area contributed by atoms with E-state index in [1.54, 1.807) is 22.9 Å². The smallest absolute Gasteiger partial charge is 0.291 e. The summed E-state index contributed by atoms with van der Waals surface area (Å²) in [5.74, 6) is 0.797. The number of thioether (sulfide) groups is 1. The maximum Gasteiger partial charge on any atom is 0.291 e. The van der Waals surface area contributed by atoms with Crippen molar-refractivity contribution in [3.8, 4) is 0 Å². The molecule has 0 aliphatic carbocycles. The van der Waals surface area contributed by atoms with E-state index in [0.29, 0.717) is 23.6 Å². The number of furan rings is 1. The van der Waals surface area contributed by atoms with Gasteiger partial charge in [-0.1, -0.05) is 24.3 Å². The van der Waals surface area contributed by atoms with Crippen molar-refractivity contribution in [2.45, 2.75) is 29.9 Å². The van der Waals surface area contributed by atoms with Crippen molar-refractivity contribution >= 4 is 35.0 Å². The number of amides is 2. The molecule has 0 bridgehead atoms. The number of hydrogen-bond acceptors (Lipinski definition) is 4. The maximum absolute atomic E-state index is 12.8. The van der Waals surface area contributed by atoms with E-state index in [1.807, 2.05) is 60.7 Å². The van der Waals surface area contributed by atoms with E-state index >= 15 is 0 Å². The van der Waals surface area contributed by atoms with E-state index in [1.165, 1.54) is 0 Å². The Morgan fingerprint density at radius 3 is 2.76 bits per heavy atom. The summed E-state index contributed by atoms with van der Waals surface area (Å²) in [6.45, 7) is 0.718. The van der Waals surface area contributed by atoms with Crippen molar-refractivity contribution in [3.63, 3.8) is 0 Å². The summed E-state index contributed by atoms with van der Waals surface area (Å²) in [7, 11) is 0. The van der Waals surface area contributed by atoms with Crippen molar-refractivity contribution in [2.75, 3.05) is 16.8 Å². The van der Waals surface area contributed by atoms with Crippen LogP contribution in [-0.4, -0.2) is 18.4 Å². The molecular weight excluding hydrogens is 384 g/mol. The molecule has 1 N–H and O–H groups in total. The van der Waals surface area contributed by atoms with Crippen molar-refractivity contribution in [3.05, 3.63) is 78.3 Å². The Morgan fingerprint density at radius 1 is 1.07 bits per heavy atom. The van der Waals surface area contributed by atoms with Crippen LogP contribution in [0.15, 0.2) is 76.2 Å². The fourth-order valence-electron chi connectivity index (χ4n) is 3.34. The van der Waals surface area contributed by atoms with Gasteiger partial charge in [-0.2, -0.15) is 0 Å². The largest absolute Gasteiger partial charge is 0.459 e. The molecule has 1 saturated heterocycles. The van der Waals surface area contributed by atoms with Crippen LogP contribution in [0.5, 0.6) is 0 Å². The molecule has 1 aliphatic heterocycles. The topological polar surface area (TPSA) is 62.6 Å². The first-order valence-electron chi connectivity index (χ1n) is 9.67. The molecule has 29 heavy (non-hydrogen) atoms. The predicted molar refractivity (Wildman–Crippen MR) is 115 cm³/mol. The highest BCUT2D eigenvalue weighted by molar-refractivity contribution is 7.98. The van der Waals surface area contributed by atoms with Crippen LogP contribution in [0.25, 0.3) is 0 Å². The lowest BCUT2D eigenvalue weighted by molar-refractivity contribution is -0.119. The standard InChI is InChI=1S/C23H22N2O3S/c26-21-11-4-5-13-25(21)19-8-6-7-18(15-19)24-23(27)22-17(12-14-28-22)16-29-20-9-2-1-3-10-20/h1-3,6-10,12,14-15H,4-5,11,13,16H2,(H,24,27). The monoisotopic (exact) mass is 406 g/mol. The number of rotatable bonds is 6. The third-order valence-electron chi connectivity index (χ3n) is 4.83. The summed E-state index contributed by atoms with van der Waals surface area (Å²) in [5, 5.41) is 2.90. The number of nitrogens with one attached hydrogen (secondary N) is 1. The van der Waals surface area contributed by atoms with Crippen LogP contribution >= 0.6 is 11.8 Å². The summed E-state index contributed by atoms with van der Waals surface area (Å²) in [6.07, 6.45) is 4.05. The van der Waals surface area contributed by atoms with Gasteiger partial charge in [-0.05, 0) is 49.2 Å². The van der Waals surface area contributed by atoms with Gasteiger partial charge in [0.25, 0.3) is 5.91 Å². The van der Waals surface area contributed by atoms with E-state index in [4.69, 9.17) is 4.42 Å². The quantitative estimate of drug-likeness (QED) is 0.561. The van der Waals surface area contributed by atoms with Crippen molar-refractivity contribution < 1.29 is 14.0 Å². The van der Waals surface area contributed by atoms with Gasteiger partial charge in [0.2, 0.25) is 5.91 Å². The molecule has 1 aliphatic rings. The Bertz CT molecular complexity index is 1000. The van der Waals surface area contributed by atoms with Gasteiger partial charge in [0.1, 0.15) is 0 Å². The minimum absolute atomic E-state index is 0.131. The molecule has 5 nitrogen and oxygen atoms in total. The second-order valence-electron chi connectivity index (χ2n) is 6.88. The summed E-state index contributed by atoms with van der Waals surface area (Å²) in [5.41, 5.74) is 2.30. The van der Waals surface area contributed by atoms with Gasteiger partial charge in [0.05, 0.1) is 6.26 Å². The minimum atomic E-state index is -0.291. The van der Waals surface area contributed by atoms with E-state index < -0.39 is 0 Å².